The first-order valence-corrected chi connectivity index (χ1v) is 6.63. The topological polar surface area (TPSA) is 106 Å². The molecule has 0 unspecified atom stereocenters. The van der Waals surface area contributed by atoms with Crippen LogP contribution in [0.5, 0.6) is 11.5 Å². The Morgan fingerprint density at radius 2 is 1.61 bits per heavy atom. The first-order chi connectivity index (χ1) is 11.1. The molecule has 0 aliphatic rings. The van der Waals surface area contributed by atoms with E-state index in [0.29, 0.717) is 11.1 Å². The lowest BCUT2D eigenvalue weighted by Gasteiger charge is -2.01. The second-order valence-corrected chi connectivity index (χ2v) is 4.49. The Hall–Kier alpha value is -3.59. The Balaban J connectivity index is 2.11. The molecular weight excluding hydrogens is 294 g/mol. The van der Waals surface area contributed by atoms with Crippen molar-refractivity contribution < 1.29 is 15.0 Å². The van der Waals surface area contributed by atoms with Gasteiger partial charge < -0.3 is 10.2 Å². The van der Waals surface area contributed by atoms with Crippen LogP contribution >= 0.6 is 0 Å². The minimum Gasteiger partial charge on any atom is -0.507 e. The predicted molar refractivity (Wildman–Crippen MR) is 85.5 cm³/mol. The third-order valence-corrected chi connectivity index (χ3v) is 2.91. The summed E-state index contributed by atoms with van der Waals surface area (Å²) in [5.74, 6) is -0.732. The molecule has 6 nitrogen and oxygen atoms in total. The number of benzene rings is 2. The number of nitriles is 1. The number of nitrogens with one attached hydrogen (secondary N) is 1. The molecule has 3 N–H and O–H groups in total. The van der Waals surface area contributed by atoms with Crippen LogP contribution in [-0.2, 0) is 4.79 Å². The van der Waals surface area contributed by atoms with Gasteiger partial charge in [0.15, 0.2) is 0 Å². The fraction of sp³-hybridized carbons (Fsp3) is 0. The number of phenols is 2. The number of amides is 1. The van der Waals surface area contributed by atoms with Crippen molar-refractivity contribution in [3.05, 3.63) is 65.2 Å². The summed E-state index contributed by atoms with van der Waals surface area (Å²) in [6.45, 7) is 0. The SMILES string of the molecule is N#C/C(=C\c1ccccc1O)C(=O)N/N=C/c1ccccc1O. The highest BCUT2D eigenvalue weighted by atomic mass is 16.3. The molecule has 0 aliphatic carbocycles. The van der Waals surface area contributed by atoms with E-state index >= 15 is 0 Å². The van der Waals surface area contributed by atoms with Crippen LogP contribution in [0.2, 0.25) is 0 Å². The van der Waals surface area contributed by atoms with Gasteiger partial charge in [-0.05, 0) is 24.3 Å². The highest BCUT2D eigenvalue weighted by Crippen LogP contribution is 2.18. The lowest BCUT2D eigenvalue weighted by atomic mass is 10.1. The van der Waals surface area contributed by atoms with Crippen molar-refractivity contribution in [2.24, 2.45) is 5.10 Å². The van der Waals surface area contributed by atoms with E-state index in [1.807, 2.05) is 0 Å². The largest absolute Gasteiger partial charge is 0.507 e. The molecule has 2 aromatic rings. The Morgan fingerprint density at radius 1 is 1.04 bits per heavy atom. The van der Waals surface area contributed by atoms with E-state index in [9.17, 15) is 15.0 Å². The van der Waals surface area contributed by atoms with Gasteiger partial charge in [0.05, 0.1) is 6.21 Å². The van der Waals surface area contributed by atoms with Crippen molar-refractivity contribution in [2.45, 2.75) is 0 Å². The molecule has 2 rings (SSSR count). The Labute approximate surface area is 132 Å². The van der Waals surface area contributed by atoms with Crippen LogP contribution in [0.25, 0.3) is 6.08 Å². The smallest absolute Gasteiger partial charge is 0.282 e. The molecule has 2 aromatic carbocycles. The van der Waals surface area contributed by atoms with Gasteiger partial charge in [0, 0.05) is 11.1 Å². The van der Waals surface area contributed by atoms with E-state index in [-0.39, 0.29) is 17.1 Å². The average Bonchev–Trinajstić information content (AvgIpc) is 2.55. The minimum absolute atomic E-state index is 0.0238. The van der Waals surface area contributed by atoms with Gasteiger partial charge in [-0.3, -0.25) is 4.79 Å². The van der Waals surface area contributed by atoms with E-state index < -0.39 is 5.91 Å². The highest BCUT2D eigenvalue weighted by molar-refractivity contribution is 6.02. The van der Waals surface area contributed by atoms with Crippen LogP contribution < -0.4 is 5.43 Å². The molecule has 0 fully saturated rings. The predicted octanol–water partition coefficient (Wildman–Crippen LogP) is 2.16. The van der Waals surface area contributed by atoms with Gasteiger partial charge in [0.2, 0.25) is 0 Å². The first kappa shape index (κ1) is 15.8. The van der Waals surface area contributed by atoms with Gasteiger partial charge in [0.25, 0.3) is 5.91 Å². The zero-order valence-electron chi connectivity index (χ0n) is 12.0. The van der Waals surface area contributed by atoms with Crippen LogP contribution in [0, 0.1) is 11.3 Å². The van der Waals surface area contributed by atoms with Crippen LogP contribution in [0.4, 0.5) is 0 Å². The number of hydrogen-bond acceptors (Lipinski definition) is 5. The third kappa shape index (κ3) is 4.19. The van der Waals surface area contributed by atoms with E-state index in [1.54, 1.807) is 42.5 Å². The number of carbonyl (C=O) groups excluding carboxylic acids is 1. The highest BCUT2D eigenvalue weighted by Gasteiger charge is 2.09. The summed E-state index contributed by atoms with van der Waals surface area (Å²) in [4.78, 5) is 11.9. The van der Waals surface area contributed by atoms with Gasteiger partial charge in [-0.2, -0.15) is 10.4 Å². The lowest BCUT2D eigenvalue weighted by Crippen LogP contribution is -2.19. The number of carbonyl (C=O) groups is 1. The molecule has 0 spiro atoms. The quantitative estimate of drug-likeness (QED) is 0.348. The molecule has 0 saturated heterocycles. The molecule has 0 radical (unpaired) electrons. The maximum Gasteiger partial charge on any atom is 0.282 e. The third-order valence-electron chi connectivity index (χ3n) is 2.91. The second-order valence-electron chi connectivity index (χ2n) is 4.49. The van der Waals surface area contributed by atoms with Crippen LogP contribution in [0.3, 0.4) is 0 Å². The normalized spacial score (nSPS) is 11.2. The molecule has 1 amide bonds. The van der Waals surface area contributed by atoms with Crippen LogP contribution in [-0.4, -0.2) is 22.3 Å². The average molecular weight is 307 g/mol. The number of aromatic hydroxyl groups is 2. The Morgan fingerprint density at radius 3 is 2.17 bits per heavy atom. The molecule has 0 saturated carbocycles. The zero-order valence-corrected chi connectivity index (χ0v) is 12.0. The van der Waals surface area contributed by atoms with Crippen molar-refractivity contribution in [3.63, 3.8) is 0 Å². The van der Waals surface area contributed by atoms with Gasteiger partial charge >= 0.3 is 0 Å². The molecule has 0 aliphatic heterocycles. The molecule has 114 valence electrons. The van der Waals surface area contributed by atoms with E-state index in [0.717, 1.165) is 0 Å². The number of phenolic OH excluding ortho intramolecular Hbond substituents is 2. The molecule has 6 heteroatoms. The van der Waals surface area contributed by atoms with E-state index in [4.69, 9.17) is 5.26 Å². The summed E-state index contributed by atoms with van der Waals surface area (Å²) in [6, 6.07) is 14.6. The molecule has 0 aromatic heterocycles. The summed E-state index contributed by atoms with van der Waals surface area (Å²) in [5, 5.41) is 32.0. The van der Waals surface area contributed by atoms with Crippen molar-refractivity contribution in [1.82, 2.24) is 5.43 Å². The maximum atomic E-state index is 11.9. The Kier molecular flexibility index (Phi) is 5.10. The van der Waals surface area contributed by atoms with Crippen molar-refractivity contribution in [2.75, 3.05) is 0 Å². The zero-order chi connectivity index (χ0) is 16.7. The summed E-state index contributed by atoms with van der Waals surface area (Å²) < 4.78 is 0. The second kappa shape index (κ2) is 7.43. The number of nitrogens with zero attached hydrogens (tertiary/aromatic N) is 2. The minimum atomic E-state index is -0.720. The maximum absolute atomic E-state index is 11.9. The van der Waals surface area contributed by atoms with E-state index in [1.165, 1.54) is 24.4 Å². The molecule has 0 atom stereocenters. The number of rotatable bonds is 4. The fourth-order valence-electron chi connectivity index (χ4n) is 1.73. The standard InChI is InChI=1S/C17H13N3O3/c18-10-14(9-12-5-1-3-7-15(12)21)17(23)20-19-11-13-6-2-4-8-16(13)22/h1-9,11,21-22H,(H,20,23)/b14-9+,19-11+. The fourth-order valence-corrected chi connectivity index (χ4v) is 1.73. The van der Waals surface area contributed by atoms with Crippen LogP contribution in [0.15, 0.2) is 59.2 Å². The van der Waals surface area contributed by atoms with Crippen molar-refractivity contribution in [1.29, 1.82) is 5.26 Å². The summed E-state index contributed by atoms with van der Waals surface area (Å²) in [7, 11) is 0. The molecule has 23 heavy (non-hydrogen) atoms. The monoisotopic (exact) mass is 307 g/mol. The summed E-state index contributed by atoms with van der Waals surface area (Å²) in [5.41, 5.74) is 2.77. The molecule has 0 bridgehead atoms. The van der Waals surface area contributed by atoms with Crippen molar-refractivity contribution in [3.8, 4) is 17.6 Å². The van der Waals surface area contributed by atoms with Crippen molar-refractivity contribution >= 4 is 18.2 Å². The summed E-state index contributed by atoms with van der Waals surface area (Å²) in [6.07, 6.45) is 2.53. The summed E-state index contributed by atoms with van der Waals surface area (Å²) >= 11 is 0. The van der Waals surface area contributed by atoms with Gasteiger partial charge in [-0.25, -0.2) is 5.43 Å². The van der Waals surface area contributed by atoms with Crippen LogP contribution in [0.1, 0.15) is 11.1 Å². The number of hydrogen-bond donors (Lipinski definition) is 3. The number of para-hydroxylation sites is 2. The number of hydrazone groups is 1. The molecule has 0 heterocycles. The Bertz CT molecular complexity index is 820. The van der Waals surface area contributed by atoms with Gasteiger partial charge in [-0.15, -0.1) is 0 Å². The lowest BCUT2D eigenvalue weighted by molar-refractivity contribution is -0.117. The van der Waals surface area contributed by atoms with E-state index in [2.05, 4.69) is 10.5 Å². The van der Waals surface area contributed by atoms with Gasteiger partial charge in [-0.1, -0.05) is 30.3 Å². The molecular formula is C17H13N3O3. The van der Waals surface area contributed by atoms with Gasteiger partial charge in [0.1, 0.15) is 23.1 Å². The first-order valence-electron chi connectivity index (χ1n) is 6.63.